The van der Waals surface area contributed by atoms with Crippen molar-refractivity contribution in [3.63, 3.8) is 0 Å². The molecule has 0 fully saturated rings. The second-order valence-corrected chi connectivity index (χ2v) is 9.21. The van der Waals surface area contributed by atoms with Crippen LogP contribution in [0, 0.1) is 19.9 Å². The normalized spacial score (nSPS) is 11.0. The molecule has 0 saturated heterocycles. The first kappa shape index (κ1) is 29.6. The Hall–Kier alpha value is -2.61. The fourth-order valence-electron chi connectivity index (χ4n) is 3.85. The fraction of sp³-hybridized carbons (Fsp3) is 0.0909. The Kier molecular flexibility index (Phi) is 12.2. The van der Waals surface area contributed by atoms with Crippen molar-refractivity contribution in [2.45, 2.75) is 20.3 Å². The van der Waals surface area contributed by atoms with Crippen molar-refractivity contribution in [3.05, 3.63) is 150 Å². The van der Waals surface area contributed by atoms with Crippen molar-refractivity contribution >= 4 is 25.4 Å². The summed E-state index contributed by atoms with van der Waals surface area (Å²) in [5.41, 5.74) is 5.21. The van der Waals surface area contributed by atoms with Crippen molar-refractivity contribution in [2.24, 2.45) is 0 Å². The molecule has 3 heteroatoms. The van der Waals surface area contributed by atoms with Crippen molar-refractivity contribution < 1.29 is 44.8 Å². The molecule has 0 atom stereocenters. The number of benzene rings is 4. The molecule has 6 rings (SSSR count). The summed E-state index contributed by atoms with van der Waals surface area (Å²) < 4.78 is 1.33. The second-order valence-electron chi connectivity index (χ2n) is 8.43. The van der Waals surface area contributed by atoms with Gasteiger partial charge in [0, 0.05) is 0 Å². The first-order valence-electron chi connectivity index (χ1n) is 11.6. The first-order chi connectivity index (χ1) is 16.6. The van der Waals surface area contributed by atoms with E-state index in [0.29, 0.717) is 0 Å². The average molecular weight is 543 g/mol. The summed E-state index contributed by atoms with van der Waals surface area (Å²) in [4.78, 5) is 0. The van der Waals surface area contributed by atoms with E-state index in [1.54, 1.807) is 0 Å². The van der Waals surface area contributed by atoms with Gasteiger partial charge >= 0.3 is 108 Å². The Labute approximate surface area is 238 Å². The van der Waals surface area contributed by atoms with E-state index in [-0.39, 0.29) is 24.8 Å². The quantitative estimate of drug-likeness (QED) is 0.237. The van der Waals surface area contributed by atoms with Gasteiger partial charge in [0.25, 0.3) is 0 Å². The van der Waals surface area contributed by atoms with Crippen LogP contribution in [0.5, 0.6) is 0 Å². The van der Waals surface area contributed by atoms with Crippen LogP contribution in [0.1, 0.15) is 28.7 Å². The Morgan fingerprint density at radius 1 is 0.667 bits per heavy atom. The van der Waals surface area contributed by atoms with Crippen molar-refractivity contribution in [1.29, 1.82) is 0 Å². The van der Waals surface area contributed by atoms with Gasteiger partial charge in [-0.3, -0.25) is 6.08 Å². The van der Waals surface area contributed by atoms with Crippen LogP contribution in [0.2, 0.25) is 0 Å². The van der Waals surface area contributed by atoms with Crippen molar-refractivity contribution in [3.8, 4) is 0 Å². The molecule has 0 unspecified atom stereocenters. The molecule has 0 N–H and O–H groups in total. The van der Waals surface area contributed by atoms with E-state index in [9.17, 15) is 0 Å². The summed E-state index contributed by atoms with van der Waals surface area (Å²) in [6, 6.07) is 36.7. The molecule has 0 saturated carbocycles. The third kappa shape index (κ3) is 7.95. The van der Waals surface area contributed by atoms with Crippen LogP contribution in [-0.4, -0.2) is 3.81 Å². The van der Waals surface area contributed by atoms with Gasteiger partial charge in [0.15, 0.2) is 0 Å². The number of hydrogen-bond donors (Lipinski definition) is 0. The molecule has 0 bridgehead atoms. The maximum atomic E-state index is 2.99. The summed E-state index contributed by atoms with van der Waals surface area (Å²) in [7, 11) is 0. The predicted molar refractivity (Wildman–Crippen MR) is 144 cm³/mol. The Morgan fingerprint density at radius 3 is 1.47 bits per heavy atom. The Balaban J connectivity index is 0.000000205. The van der Waals surface area contributed by atoms with Crippen LogP contribution in [0.4, 0.5) is 0 Å². The Bertz CT molecular complexity index is 1330. The van der Waals surface area contributed by atoms with Gasteiger partial charge in [0.2, 0.25) is 0 Å². The SMILES string of the molecule is Cc1ccc([C](=[Ti+2])c2ccc(C)cc2)cc1.[C-]1=CC=CC1.[Cl-].[Cl-].c1ccc2c(c1)[cH-]c1ccccc12. The van der Waals surface area contributed by atoms with Crippen LogP contribution in [-0.2, 0) is 20.0 Å². The molecule has 1 aliphatic rings. The molecule has 180 valence electrons. The summed E-state index contributed by atoms with van der Waals surface area (Å²) in [5.74, 6) is 0. The fourth-order valence-corrected chi connectivity index (χ4v) is 4.37. The predicted octanol–water partition coefficient (Wildman–Crippen LogP) is 2.44. The molecule has 1 aliphatic carbocycles. The maximum absolute atomic E-state index is 2.99. The topological polar surface area (TPSA) is 0 Å². The van der Waals surface area contributed by atoms with Gasteiger partial charge < -0.3 is 24.8 Å². The smallest absolute Gasteiger partial charge is 0.0771 e. The standard InChI is InChI=1S/C15H14.C13H9.C5H5.2ClH.Ti/c1-12-3-7-14(8-4-12)11-15-9-5-13(2)6-10-15;1-3-7-12-10(5-1)9-11-6-2-4-8-13(11)12;1-2-4-5-3-1;;;/h3-10H,1-2H3;1-9H;1-3H,4H2;2*1H;/q;2*-1;;;+2/p-2. The van der Waals surface area contributed by atoms with E-state index in [1.165, 1.54) is 47.6 Å². The summed E-state index contributed by atoms with van der Waals surface area (Å²) in [6.07, 6.45) is 10.0. The van der Waals surface area contributed by atoms with Gasteiger partial charge in [-0.15, -0.1) is 46.2 Å². The van der Waals surface area contributed by atoms with Gasteiger partial charge in [-0.1, -0.05) is 36.4 Å². The van der Waals surface area contributed by atoms with E-state index < -0.39 is 0 Å². The third-order valence-corrected chi connectivity index (χ3v) is 6.69. The molecule has 0 amide bonds. The molecule has 5 aromatic rings. The molecule has 0 nitrogen and oxygen atoms in total. The molecule has 0 aromatic heterocycles. The number of allylic oxidation sites excluding steroid dienone is 4. The largest absolute Gasteiger partial charge is 1.00 e. The molecule has 5 aromatic carbocycles. The second kappa shape index (κ2) is 14.8. The van der Waals surface area contributed by atoms with E-state index in [4.69, 9.17) is 0 Å². The number of rotatable bonds is 2. The number of aryl methyl sites for hydroxylation is 2. The molecule has 0 heterocycles. The summed E-state index contributed by atoms with van der Waals surface area (Å²) in [6.45, 7) is 4.23. The van der Waals surface area contributed by atoms with E-state index >= 15 is 0 Å². The third-order valence-electron chi connectivity index (χ3n) is 5.79. The van der Waals surface area contributed by atoms with Gasteiger partial charge in [-0.25, -0.2) is 12.2 Å². The minimum atomic E-state index is 0. The average Bonchev–Trinajstić information content (AvgIpc) is 3.57. The summed E-state index contributed by atoms with van der Waals surface area (Å²) in [5, 5.41) is 5.39. The van der Waals surface area contributed by atoms with E-state index in [0.717, 1.165) is 6.42 Å². The molecule has 0 spiro atoms. The van der Waals surface area contributed by atoms with Crippen LogP contribution < -0.4 is 24.8 Å². The van der Waals surface area contributed by atoms with Crippen LogP contribution in [0.15, 0.2) is 121 Å². The first-order valence-corrected chi connectivity index (χ1v) is 12.4. The molecule has 0 aliphatic heterocycles. The minimum Gasteiger partial charge on any atom is -1.00 e. The minimum absolute atomic E-state index is 0. The molecule has 0 radical (unpaired) electrons. The van der Waals surface area contributed by atoms with E-state index in [1.807, 2.05) is 12.2 Å². The van der Waals surface area contributed by atoms with Crippen molar-refractivity contribution in [2.75, 3.05) is 0 Å². The number of halogens is 2. The molecular weight excluding hydrogens is 515 g/mol. The number of hydrogen-bond acceptors (Lipinski definition) is 0. The van der Waals surface area contributed by atoms with E-state index in [2.05, 4.69) is 149 Å². The summed E-state index contributed by atoms with van der Waals surface area (Å²) >= 11 is 2.18. The van der Waals surface area contributed by atoms with Crippen molar-refractivity contribution in [1.82, 2.24) is 0 Å². The zero-order chi connectivity index (χ0) is 23.8. The van der Waals surface area contributed by atoms with Gasteiger partial charge in [0.05, 0.1) is 0 Å². The van der Waals surface area contributed by atoms with Gasteiger partial charge in [-0.2, -0.15) is 6.08 Å². The maximum Gasteiger partial charge on any atom is -0.0771 e. The van der Waals surface area contributed by atoms with Crippen LogP contribution >= 0.6 is 0 Å². The zero-order valence-electron chi connectivity index (χ0n) is 20.5. The van der Waals surface area contributed by atoms with Gasteiger partial charge in [0.1, 0.15) is 0 Å². The van der Waals surface area contributed by atoms with Crippen LogP contribution in [0.3, 0.4) is 0 Å². The zero-order valence-corrected chi connectivity index (χ0v) is 23.6. The van der Waals surface area contributed by atoms with Gasteiger partial charge in [-0.05, 0) is 0 Å². The monoisotopic (exact) mass is 542 g/mol. The molecule has 36 heavy (non-hydrogen) atoms. The number of fused-ring (bicyclic) bond motifs is 3. The van der Waals surface area contributed by atoms with Crippen LogP contribution in [0.25, 0.3) is 21.5 Å². The molecular formula is C33H28Cl2Ti-2. The Morgan fingerprint density at radius 2 is 1.11 bits per heavy atom.